The first kappa shape index (κ1) is 16.7. The monoisotopic (exact) mass is 340 g/mol. The number of fused-ring (bicyclic) bond motifs is 1. The molecule has 0 aliphatic heterocycles. The van der Waals surface area contributed by atoms with Crippen LogP contribution in [-0.4, -0.2) is 26.6 Å². The molecule has 130 valence electrons. The third-order valence-electron chi connectivity index (χ3n) is 4.42. The van der Waals surface area contributed by atoms with Gasteiger partial charge in [0.15, 0.2) is 5.65 Å². The quantitative estimate of drug-likeness (QED) is 0.915. The highest BCUT2D eigenvalue weighted by Crippen LogP contribution is 2.37. The average Bonchev–Trinajstić information content (AvgIpc) is 2.74. The molecule has 2 aromatic rings. The first-order chi connectivity index (χ1) is 11.3. The SMILES string of the molecule is Cc1ccc2nc(NC(=O)CC(C)C(F)(F)F)n(C3CCC3)c2n1. The van der Waals surface area contributed by atoms with Crippen LogP contribution in [-0.2, 0) is 4.79 Å². The Morgan fingerprint density at radius 2 is 2.08 bits per heavy atom. The molecule has 5 nitrogen and oxygen atoms in total. The van der Waals surface area contributed by atoms with Crippen molar-refractivity contribution in [1.29, 1.82) is 0 Å². The van der Waals surface area contributed by atoms with Crippen LogP contribution in [0.3, 0.4) is 0 Å². The molecule has 1 aliphatic rings. The Morgan fingerprint density at radius 3 is 2.67 bits per heavy atom. The molecule has 1 amide bonds. The number of hydrogen-bond acceptors (Lipinski definition) is 3. The van der Waals surface area contributed by atoms with E-state index < -0.39 is 24.4 Å². The number of nitrogens with zero attached hydrogens (tertiary/aromatic N) is 3. The van der Waals surface area contributed by atoms with Gasteiger partial charge in [-0.05, 0) is 38.3 Å². The van der Waals surface area contributed by atoms with Crippen molar-refractivity contribution in [2.75, 3.05) is 5.32 Å². The number of pyridine rings is 1. The molecule has 2 aromatic heterocycles. The van der Waals surface area contributed by atoms with E-state index in [1.165, 1.54) is 0 Å². The molecule has 2 heterocycles. The minimum Gasteiger partial charge on any atom is -0.296 e. The van der Waals surface area contributed by atoms with Crippen molar-refractivity contribution < 1.29 is 18.0 Å². The highest BCUT2D eigenvalue weighted by molar-refractivity contribution is 5.91. The smallest absolute Gasteiger partial charge is 0.296 e. The fourth-order valence-electron chi connectivity index (χ4n) is 2.72. The number of nitrogens with one attached hydrogen (secondary N) is 1. The fraction of sp³-hybridized carbons (Fsp3) is 0.562. The lowest BCUT2D eigenvalue weighted by Crippen LogP contribution is -2.27. The van der Waals surface area contributed by atoms with Crippen LogP contribution in [0, 0.1) is 12.8 Å². The Balaban J connectivity index is 1.87. The van der Waals surface area contributed by atoms with Gasteiger partial charge in [0.2, 0.25) is 11.9 Å². The van der Waals surface area contributed by atoms with Crippen LogP contribution in [0.5, 0.6) is 0 Å². The lowest BCUT2D eigenvalue weighted by atomic mass is 9.93. The van der Waals surface area contributed by atoms with Crippen LogP contribution in [0.15, 0.2) is 12.1 Å². The van der Waals surface area contributed by atoms with Gasteiger partial charge in [0.05, 0.1) is 5.92 Å². The minimum atomic E-state index is -4.38. The van der Waals surface area contributed by atoms with Crippen molar-refractivity contribution in [2.45, 2.75) is 51.7 Å². The van der Waals surface area contributed by atoms with Crippen molar-refractivity contribution in [2.24, 2.45) is 5.92 Å². The number of amides is 1. The molecule has 8 heteroatoms. The van der Waals surface area contributed by atoms with Crippen LogP contribution in [0.1, 0.15) is 44.3 Å². The molecule has 1 unspecified atom stereocenters. The molecule has 0 saturated heterocycles. The summed E-state index contributed by atoms with van der Waals surface area (Å²) in [4.78, 5) is 20.8. The standard InChI is InChI=1S/C16H19F3N4O/c1-9(16(17,18)19)8-13(24)22-15-21-12-7-6-10(2)20-14(12)23(15)11-4-3-5-11/h6-7,9,11H,3-5,8H2,1-2H3,(H,21,22,24). The maximum Gasteiger partial charge on any atom is 0.392 e. The maximum absolute atomic E-state index is 12.6. The van der Waals surface area contributed by atoms with Gasteiger partial charge >= 0.3 is 6.18 Å². The van der Waals surface area contributed by atoms with Crippen molar-refractivity contribution in [3.05, 3.63) is 17.8 Å². The molecule has 1 atom stereocenters. The van der Waals surface area contributed by atoms with E-state index in [0.29, 0.717) is 11.2 Å². The largest absolute Gasteiger partial charge is 0.392 e. The molecule has 1 aliphatic carbocycles. The number of carbonyl (C=O) groups is 1. The second-order valence-corrected chi connectivity index (χ2v) is 6.38. The van der Waals surface area contributed by atoms with E-state index >= 15 is 0 Å². The van der Waals surface area contributed by atoms with E-state index in [1.54, 1.807) is 6.07 Å². The number of aromatic nitrogens is 3. The molecule has 0 spiro atoms. The first-order valence-corrected chi connectivity index (χ1v) is 7.98. The summed E-state index contributed by atoms with van der Waals surface area (Å²) in [5.74, 6) is -2.10. The highest BCUT2D eigenvalue weighted by atomic mass is 19.4. The molecular formula is C16H19F3N4O. The van der Waals surface area contributed by atoms with Crippen molar-refractivity contribution in [3.8, 4) is 0 Å². The molecule has 1 saturated carbocycles. The van der Waals surface area contributed by atoms with Gasteiger partial charge in [-0.3, -0.25) is 14.7 Å². The number of aryl methyl sites for hydroxylation is 1. The minimum absolute atomic E-state index is 0.180. The fourth-order valence-corrected chi connectivity index (χ4v) is 2.72. The predicted octanol–water partition coefficient (Wildman–Crippen LogP) is 3.99. The van der Waals surface area contributed by atoms with Crippen LogP contribution in [0.2, 0.25) is 0 Å². The average molecular weight is 340 g/mol. The summed E-state index contributed by atoms with van der Waals surface area (Å²) in [6.45, 7) is 2.86. The van der Waals surface area contributed by atoms with Gasteiger partial charge in [-0.25, -0.2) is 9.97 Å². The Kier molecular flexibility index (Phi) is 4.23. The molecule has 1 N–H and O–H groups in total. The summed E-state index contributed by atoms with van der Waals surface area (Å²) < 4.78 is 39.7. The van der Waals surface area contributed by atoms with Crippen molar-refractivity contribution in [1.82, 2.24) is 14.5 Å². The van der Waals surface area contributed by atoms with Crippen LogP contribution < -0.4 is 5.32 Å². The topological polar surface area (TPSA) is 59.8 Å². The van der Waals surface area contributed by atoms with E-state index in [4.69, 9.17) is 0 Å². The second kappa shape index (κ2) is 6.07. The van der Waals surface area contributed by atoms with Crippen molar-refractivity contribution >= 4 is 23.0 Å². The number of halogens is 3. The van der Waals surface area contributed by atoms with Gasteiger partial charge in [-0.1, -0.05) is 6.92 Å². The van der Waals surface area contributed by atoms with Gasteiger partial charge < -0.3 is 0 Å². The number of carbonyl (C=O) groups excluding carboxylic acids is 1. The summed E-state index contributed by atoms with van der Waals surface area (Å²) >= 11 is 0. The Bertz CT molecular complexity index is 765. The van der Waals surface area contributed by atoms with Gasteiger partial charge in [-0.2, -0.15) is 13.2 Å². The first-order valence-electron chi connectivity index (χ1n) is 7.98. The molecule has 0 bridgehead atoms. The number of hydrogen-bond donors (Lipinski definition) is 1. The van der Waals surface area contributed by atoms with Crippen LogP contribution in [0.25, 0.3) is 11.2 Å². The summed E-state index contributed by atoms with van der Waals surface area (Å²) in [6, 6.07) is 3.80. The summed E-state index contributed by atoms with van der Waals surface area (Å²) in [7, 11) is 0. The number of anilines is 1. The molecule has 1 fully saturated rings. The third kappa shape index (κ3) is 3.22. The van der Waals surface area contributed by atoms with E-state index in [9.17, 15) is 18.0 Å². The number of alkyl halides is 3. The molecule has 0 radical (unpaired) electrons. The Labute approximate surface area is 137 Å². The van der Waals surface area contributed by atoms with Gasteiger partial charge in [0.1, 0.15) is 5.52 Å². The van der Waals surface area contributed by atoms with Crippen LogP contribution >= 0.6 is 0 Å². The molecule has 3 rings (SSSR count). The maximum atomic E-state index is 12.6. The summed E-state index contributed by atoms with van der Waals surface area (Å²) in [5.41, 5.74) is 2.12. The Hall–Kier alpha value is -2.12. The van der Waals surface area contributed by atoms with E-state index in [-0.39, 0.29) is 12.0 Å². The number of imidazole rings is 1. The second-order valence-electron chi connectivity index (χ2n) is 6.38. The van der Waals surface area contributed by atoms with E-state index in [2.05, 4.69) is 15.3 Å². The summed E-state index contributed by atoms with van der Waals surface area (Å²) in [5, 5.41) is 2.54. The third-order valence-corrected chi connectivity index (χ3v) is 4.42. The molecule has 24 heavy (non-hydrogen) atoms. The van der Waals surface area contributed by atoms with E-state index in [1.807, 2.05) is 17.6 Å². The van der Waals surface area contributed by atoms with Gasteiger partial charge in [-0.15, -0.1) is 0 Å². The van der Waals surface area contributed by atoms with Gasteiger partial charge in [0.25, 0.3) is 0 Å². The zero-order valence-corrected chi connectivity index (χ0v) is 13.5. The zero-order chi connectivity index (χ0) is 17.5. The van der Waals surface area contributed by atoms with E-state index in [0.717, 1.165) is 31.9 Å². The number of rotatable bonds is 4. The lowest BCUT2D eigenvalue weighted by Gasteiger charge is -2.28. The molecular weight excluding hydrogens is 321 g/mol. The van der Waals surface area contributed by atoms with Crippen molar-refractivity contribution in [3.63, 3.8) is 0 Å². The lowest BCUT2D eigenvalue weighted by molar-refractivity contribution is -0.173. The molecule has 0 aromatic carbocycles. The highest BCUT2D eigenvalue weighted by Gasteiger charge is 2.37. The normalized spacial score (nSPS) is 16.9. The van der Waals surface area contributed by atoms with Gasteiger partial charge in [0, 0.05) is 18.2 Å². The summed E-state index contributed by atoms with van der Waals surface area (Å²) in [6.07, 6.45) is -2.03. The van der Waals surface area contributed by atoms with Crippen LogP contribution in [0.4, 0.5) is 19.1 Å². The zero-order valence-electron chi connectivity index (χ0n) is 13.5. The Morgan fingerprint density at radius 1 is 1.38 bits per heavy atom. The predicted molar refractivity (Wildman–Crippen MR) is 83.6 cm³/mol.